The highest BCUT2D eigenvalue weighted by Gasteiger charge is 2.26. The molecule has 1 aliphatic heterocycles. The molecule has 1 aliphatic rings. The minimum Gasteiger partial charge on any atom is -0.496 e. The minimum absolute atomic E-state index is 0.00403. The van der Waals surface area contributed by atoms with Crippen molar-refractivity contribution in [3.8, 4) is 23.8 Å². The molecule has 184 valence electrons. The van der Waals surface area contributed by atoms with Gasteiger partial charge in [0.1, 0.15) is 21.8 Å². The van der Waals surface area contributed by atoms with Gasteiger partial charge >= 0.3 is 0 Å². The first-order valence-electron chi connectivity index (χ1n) is 10.8. The number of hydrogen-bond acceptors (Lipinski definition) is 8. The molecular weight excluding hydrogens is 486 g/mol. The van der Waals surface area contributed by atoms with E-state index in [9.17, 15) is 13.2 Å². The van der Waals surface area contributed by atoms with E-state index in [1.54, 1.807) is 39.9 Å². The fourth-order valence-electron chi connectivity index (χ4n) is 4.15. The van der Waals surface area contributed by atoms with Gasteiger partial charge in [-0.15, -0.1) is 6.42 Å². The molecule has 0 saturated heterocycles. The van der Waals surface area contributed by atoms with Crippen LogP contribution >= 0.6 is 0 Å². The van der Waals surface area contributed by atoms with Gasteiger partial charge in [0.15, 0.2) is 11.4 Å². The summed E-state index contributed by atoms with van der Waals surface area (Å²) in [5.74, 6) is 2.33. The second-order valence-electron chi connectivity index (χ2n) is 8.06. The van der Waals surface area contributed by atoms with Crippen LogP contribution in [0.5, 0.6) is 11.5 Å². The number of para-hydroxylation sites is 1. The fourth-order valence-corrected chi connectivity index (χ4v) is 5.33. The van der Waals surface area contributed by atoms with Crippen LogP contribution in [0.4, 0.5) is 5.82 Å². The molecule has 0 unspecified atom stereocenters. The maximum Gasteiger partial charge on any atom is 0.298 e. The van der Waals surface area contributed by atoms with E-state index in [0.29, 0.717) is 36.4 Å². The van der Waals surface area contributed by atoms with Crippen molar-refractivity contribution in [2.24, 2.45) is 0 Å². The van der Waals surface area contributed by atoms with E-state index in [1.165, 1.54) is 20.3 Å². The summed E-state index contributed by atoms with van der Waals surface area (Å²) in [5, 5.41) is 8.87. The zero-order valence-corrected chi connectivity index (χ0v) is 20.2. The SMILES string of the molecule is C#CC(=O)N1Cc2cn(Cc3cc(OC)c4c(NS(=O)(=O)c5ccccc5OC)noc4c3)nc2C1. The van der Waals surface area contributed by atoms with Gasteiger partial charge in [0.2, 0.25) is 0 Å². The number of aromatic nitrogens is 3. The molecule has 3 heterocycles. The summed E-state index contributed by atoms with van der Waals surface area (Å²) in [6, 6.07) is 9.77. The molecule has 0 atom stereocenters. The zero-order chi connectivity index (χ0) is 25.4. The molecule has 36 heavy (non-hydrogen) atoms. The molecule has 0 radical (unpaired) electrons. The van der Waals surface area contributed by atoms with Crippen molar-refractivity contribution in [1.82, 2.24) is 19.8 Å². The number of amides is 1. The quantitative estimate of drug-likeness (QED) is 0.378. The monoisotopic (exact) mass is 507 g/mol. The van der Waals surface area contributed by atoms with Gasteiger partial charge in [0.05, 0.1) is 39.5 Å². The molecule has 5 rings (SSSR count). The second kappa shape index (κ2) is 8.94. The molecule has 1 N–H and O–H groups in total. The van der Waals surface area contributed by atoms with Gasteiger partial charge in [-0.25, -0.2) is 8.42 Å². The molecule has 4 aromatic rings. The van der Waals surface area contributed by atoms with Crippen molar-refractivity contribution in [2.45, 2.75) is 24.5 Å². The predicted molar refractivity (Wildman–Crippen MR) is 129 cm³/mol. The molecule has 2 aromatic heterocycles. The van der Waals surface area contributed by atoms with E-state index >= 15 is 0 Å². The van der Waals surface area contributed by atoms with Crippen LogP contribution in [-0.4, -0.2) is 48.4 Å². The zero-order valence-electron chi connectivity index (χ0n) is 19.4. The summed E-state index contributed by atoms with van der Waals surface area (Å²) in [5.41, 5.74) is 2.86. The summed E-state index contributed by atoms with van der Waals surface area (Å²) in [7, 11) is -1.15. The Labute approximate surface area is 206 Å². The third-order valence-electron chi connectivity index (χ3n) is 5.79. The van der Waals surface area contributed by atoms with E-state index in [-0.39, 0.29) is 22.4 Å². The van der Waals surface area contributed by atoms with Crippen molar-refractivity contribution in [1.29, 1.82) is 0 Å². The minimum atomic E-state index is -4.02. The number of terminal acetylenes is 1. The van der Waals surface area contributed by atoms with Crippen LogP contribution in [0.25, 0.3) is 11.0 Å². The van der Waals surface area contributed by atoms with E-state index in [0.717, 1.165) is 16.8 Å². The van der Waals surface area contributed by atoms with Crippen LogP contribution in [0.3, 0.4) is 0 Å². The third-order valence-corrected chi connectivity index (χ3v) is 7.17. The summed E-state index contributed by atoms with van der Waals surface area (Å²) >= 11 is 0. The maximum atomic E-state index is 13.0. The summed E-state index contributed by atoms with van der Waals surface area (Å²) in [4.78, 5) is 13.2. The van der Waals surface area contributed by atoms with Crippen molar-refractivity contribution in [3.63, 3.8) is 0 Å². The lowest BCUT2D eigenvalue weighted by Gasteiger charge is -2.12. The second-order valence-corrected chi connectivity index (χ2v) is 9.71. The number of benzene rings is 2. The van der Waals surface area contributed by atoms with Crippen molar-refractivity contribution < 1.29 is 27.2 Å². The molecule has 2 aromatic carbocycles. The smallest absolute Gasteiger partial charge is 0.298 e. The van der Waals surface area contributed by atoms with Crippen molar-refractivity contribution >= 4 is 32.7 Å². The molecule has 0 aliphatic carbocycles. The van der Waals surface area contributed by atoms with Crippen LogP contribution in [0.15, 0.2) is 52.0 Å². The lowest BCUT2D eigenvalue weighted by molar-refractivity contribution is -0.125. The lowest BCUT2D eigenvalue weighted by atomic mass is 10.1. The Morgan fingerprint density at radius 3 is 2.69 bits per heavy atom. The number of hydrogen-bond donors (Lipinski definition) is 1. The Bertz CT molecular complexity index is 1610. The largest absolute Gasteiger partial charge is 0.496 e. The Balaban J connectivity index is 1.42. The first-order valence-corrected chi connectivity index (χ1v) is 12.2. The van der Waals surface area contributed by atoms with Crippen LogP contribution in [0.1, 0.15) is 16.8 Å². The number of sulfonamides is 1. The highest BCUT2D eigenvalue weighted by atomic mass is 32.2. The molecule has 0 fully saturated rings. The lowest BCUT2D eigenvalue weighted by Crippen LogP contribution is -2.24. The van der Waals surface area contributed by atoms with Gasteiger partial charge in [-0.1, -0.05) is 17.3 Å². The normalized spacial score (nSPS) is 12.9. The van der Waals surface area contributed by atoms with Crippen molar-refractivity contribution in [2.75, 3.05) is 18.9 Å². The number of rotatable bonds is 7. The van der Waals surface area contributed by atoms with E-state index in [2.05, 4.69) is 20.9 Å². The van der Waals surface area contributed by atoms with Gasteiger partial charge in [0.25, 0.3) is 15.9 Å². The maximum absolute atomic E-state index is 13.0. The number of carbonyl (C=O) groups excluding carboxylic acids is 1. The van der Waals surface area contributed by atoms with Crippen LogP contribution in [-0.2, 0) is 34.5 Å². The highest BCUT2D eigenvalue weighted by Crippen LogP contribution is 2.36. The van der Waals surface area contributed by atoms with Crippen molar-refractivity contribution in [3.05, 3.63) is 59.4 Å². The number of anilines is 1. The van der Waals surface area contributed by atoms with Gasteiger partial charge < -0.3 is 18.9 Å². The van der Waals surface area contributed by atoms with E-state index < -0.39 is 10.0 Å². The Morgan fingerprint density at radius 1 is 1.19 bits per heavy atom. The summed E-state index contributed by atoms with van der Waals surface area (Å²) in [6.45, 7) is 1.18. The van der Waals surface area contributed by atoms with Crippen LogP contribution in [0.2, 0.25) is 0 Å². The van der Waals surface area contributed by atoms with Gasteiger partial charge in [-0.2, -0.15) is 5.10 Å². The molecule has 0 bridgehead atoms. The molecule has 11 nitrogen and oxygen atoms in total. The number of nitrogens with zero attached hydrogens (tertiary/aromatic N) is 4. The number of methoxy groups -OCH3 is 2. The van der Waals surface area contributed by atoms with E-state index in [4.69, 9.17) is 20.4 Å². The number of carbonyl (C=O) groups is 1. The highest BCUT2D eigenvalue weighted by molar-refractivity contribution is 7.92. The molecule has 12 heteroatoms. The number of ether oxygens (including phenoxy) is 2. The number of nitrogens with one attached hydrogen (secondary N) is 1. The molecule has 1 amide bonds. The van der Waals surface area contributed by atoms with Crippen LogP contribution < -0.4 is 14.2 Å². The Hall–Kier alpha value is -4.50. The standard InChI is InChI=1S/C24H21N5O6S/c1-4-22(30)28-12-16-13-29(25-17(16)14-28)11-15-9-19(34-3)23-20(10-15)35-26-24(23)27-36(31,32)21-8-6-5-7-18(21)33-2/h1,5-10,13H,11-12,14H2,2-3H3,(H,26,27). The molecular formula is C24H21N5O6S. The third kappa shape index (κ3) is 4.09. The summed E-state index contributed by atoms with van der Waals surface area (Å²) in [6.07, 6.45) is 7.07. The Kier molecular flexibility index (Phi) is 5.77. The summed E-state index contributed by atoms with van der Waals surface area (Å²) < 4.78 is 46.4. The van der Waals surface area contributed by atoms with Gasteiger partial charge in [-0.05, 0) is 35.7 Å². The fraction of sp³-hybridized carbons (Fsp3) is 0.208. The molecule has 0 spiro atoms. The van der Waals surface area contributed by atoms with Gasteiger partial charge in [-0.3, -0.25) is 14.2 Å². The first-order chi connectivity index (χ1) is 17.3. The Morgan fingerprint density at radius 2 is 1.97 bits per heavy atom. The average molecular weight is 508 g/mol. The number of fused-ring (bicyclic) bond motifs is 2. The average Bonchev–Trinajstić information content (AvgIpc) is 3.56. The topological polar surface area (TPSA) is 129 Å². The predicted octanol–water partition coefficient (Wildman–Crippen LogP) is 2.37. The van der Waals surface area contributed by atoms with Crippen LogP contribution in [0, 0.1) is 12.3 Å². The first kappa shape index (κ1) is 23.3. The van der Waals surface area contributed by atoms with Gasteiger partial charge in [0, 0.05) is 11.8 Å². The van der Waals surface area contributed by atoms with E-state index in [1.807, 2.05) is 6.20 Å². The molecule has 0 saturated carbocycles.